The number of thioether (sulfide) groups is 1. The second-order valence-corrected chi connectivity index (χ2v) is 8.37. The quantitative estimate of drug-likeness (QED) is 0.358. The third kappa shape index (κ3) is 5.59. The van der Waals surface area contributed by atoms with E-state index in [4.69, 9.17) is 4.74 Å². The van der Waals surface area contributed by atoms with Gasteiger partial charge in [0.25, 0.3) is 0 Å². The summed E-state index contributed by atoms with van der Waals surface area (Å²) in [4.78, 5) is 12.5. The van der Waals surface area contributed by atoms with Crippen LogP contribution in [0.2, 0.25) is 0 Å². The van der Waals surface area contributed by atoms with E-state index < -0.39 is 5.82 Å². The largest absolute Gasteiger partial charge is 0.483 e. The second-order valence-electron chi connectivity index (χ2n) is 7.42. The van der Waals surface area contributed by atoms with Crippen LogP contribution in [-0.4, -0.2) is 26.4 Å². The Bertz CT molecular complexity index is 1260. The van der Waals surface area contributed by atoms with Gasteiger partial charge in [-0.05, 0) is 61.4 Å². The molecule has 0 fully saturated rings. The number of aromatic nitrogens is 3. The van der Waals surface area contributed by atoms with Crippen molar-refractivity contribution in [2.75, 3.05) is 11.1 Å². The number of para-hydroxylation sites is 2. The fourth-order valence-electron chi connectivity index (χ4n) is 3.17. The van der Waals surface area contributed by atoms with Crippen LogP contribution in [0.25, 0.3) is 5.69 Å². The van der Waals surface area contributed by atoms with E-state index in [1.165, 1.54) is 23.4 Å². The predicted octanol–water partition coefficient (Wildman–Crippen LogP) is 5.33. The fourth-order valence-corrected chi connectivity index (χ4v) is 3.94. The Balaban J connectivity index is 1.49. The summed E-state index contributed by atoms with van der Waals surface area (Å²) in [6.45, 7) is 4.06. The molecule has 0 aliphatic heterocycles. The Labute approximate surface area is 195 Å². The van der Waals surface area contributed by atoms with Crippen molar-refractivity contribution in [2.24, 2.45) is 0 Å². The molecule has 0 saturated carbocycles. The molecular weight excluding hydrogens is 439 g/mol. The monoisotopic (exact) mass is 462 g/mol. The first kappa shape index (κ1) is 22.5. The number of aryl methyl sites for hydroxylation is 2. The van der Waals surface area contributed by atoms with Gasteiger partial charge >= 0.3 is 0 Å². The van der Waals surface area contributed by atoms with Gasteiger partial charge in [0.15, 0.2) is 22.5 Å². The molecule has 0 radical (unpaired) electrons. The van der Waals surface area contributed by atoms with Gasteiger partial charge in [0.05, 0.1) is 5.75 Å². The molecule has 0 aliphatic rings. The van der Waals surface area contributed by atoms with Crippen LogP contribution in [-0.2, 0) is 11.4 Å². The summed E-state index contributed by atoms with van der Waals surface area (Å²) in [6.07, 6.45) is 0. The summed E-state index contributed by atoms with van der Waals surface area (Å²) in [5.74, 6) is 0.214. The van der Waals surface area contributed by atoms with E-state index in [2.05, 4.69) is 15.5 Å². The Morgan fingerprint density at radius 3 is 2.52 bits per heavy atom. The van der Waals surface area contributed by atoms with E-state index in [-0.39, 0.29) is 24.0 Å². The number of amides is 1. The molecule has 0 saturated heterocycles. The number of hydrogen-bond acceptors (Lipinski definition) is 5. The van der Waals surface area contributed by atoms with Crippen LogP contribution in [0.5, 0.6) is 5.75 Å². The highest BCUT2D eigenvalue weighted by atomic mass is 32.2. The third-order valence-corrected chi connectivity index (χ3v) is 5.96. The average Bonchev–Trinajstić information content (AvgIpc) is 3.23. The van der Waals surface area contributed by atoms with Gasteiger partial charge in [-0.15, -0.1) is 10.2 Å². The molecule has 0 aliphatic carbocycles. The first-order valence-corrected chi connectivity index (χ1v) is 11.4. The minimum absolute atomic E-state index is 0.0260. The number of halogens is 1. The van der Waals surface area contributed by atoms with Crippen molar-refractivity contribution in [2.45, 2.75) is 25.6 Å². The molecule has 168 valence electrons. The molecule has 0 spiro atoms. The summed E-state index contributed by atoms with van der Waals surface area (Å²) in [5, 5.41) is 11.9. The maximum atomic E-state index is 13.9. The van der Waals surface area contributed by atoms with Crippen molar-refractivity contribution in [3.63, 3.8) is 0 Å². The van der Waals surface area contributed by atoms with Gasteiger partial charge in [0.2, 0.25) is 5.91 Å². The lowest BCUT2D eigenvalue weighted by atomic mass is 10.1. The van der Waals surface area contributed by atoms with E-state index in [1.54, 1.807) is 18.2 Å². The van der Waals surface area contributed by atoms with Gasteiger partial charge in [-0.2, -0.15) is 0 Å². The van der Waals surface area contributed by atoms with E-state index in [0.29, 0.717) is 11.0 Å². The number of benzene rings is 3. The number of carbonyl (C=O) groups excluding carboxylic acids is 1. The van der Waals surface area contributed by atoms with Crippen molar-refractivity contribution < 1.29 is 13.9 Å². The topological polar surface area (TPSA) is 69.0 Å². The maximum Gasteiger partial charge on any atom is 0.234 e. The van der Waals surface area contributed by atoms with Crippen molar-refractivity contribution >= 4 is 23.4 Å². The molecule has 1 aromatic heterocycles. The SMILES string of the molecule is Cc1ccc(NC(=O)CSc2nnc(COc3ccccc3F)n2-c2ccccc2)cc1C. The molecular formula is C25H23FN4O2S. The zero-order chi connectivity index (χ0) is 23.2. The van der Waals surface area contributed by atoms with Crippen molar-refractivity contribution in [1.82, 2.24) is 14.8 Å². The molecule has 4 aromatic rings. The van der Waals surface area contributed by atoms with Crippen LogP contribution < -0.4 is 10.1 Å². The lowest BCUT2D eigenvalue weighted by molar-refractivity contribution is -0.113. The Morgan fingerprint density at radius 1 is 1.00 bits per heavy atom. The molecule has 33 heavy (non-hydrogen) atoms. The molecule has 0 atom stereocenters. The van der Waals surface area contributed by atoms with E-state index in [9.17, 15) is 9.18 Å². The maximum absolute atomic E-state index is 13.9. The smallest absolute Gasteiger partial charge is 0.234 e. The number of nitrogens with zero attached hydrogens (tertiary/aromatic N) is 3. The lowest BCUT2D eigenvalue weighted by Gasteiger charge is -2.11. The number of anilines is 1. The average molecular weight is 463 g/mol. The molecule has 1 amide bonds. The Hall–Kier alpha value is -3.65. The van der Waals surface area contributed by atoms with Crippen LogP contribution in [0.4, 0.5) is 10.1 Å². The van der Waals surface area contributed by atoms with Gasteiger partial charge in [-0.3, -0.25) is 9.36 Å². The molecule has 1 heterocycles. The summed E-state index contributed by atoms with van der Waals surface area (Å²) < 4.78 is 21.4. The number of carbonyl (C=O) groups is 1. The van der Waals surface area contributed by atoms with Gasteiger partial charge in [0, 0.05) is 11.4 Å². The van der Waals surface area contributed by atoms with Crippen LogP contribution in [0.1, 0.15) is 17.0 Å². The first-order chi connectivity index (χ1) is 16.0. The van der Waals surface area contributed by atoms with Gasteiger partial charge in [-0.25, -0.2) is 4.39 Å². The highest BCUT2D eigenvalue weighted by molar-refractivity contribution is 7.99. The lowest BCUT2D eigenvalue weighted by Crippen LogP contribution is -2.15. The number of rotatable bonds is 8. The van der Waals surface area contributed by atoms with Crippen LogP contribution in [0.3, 0.4) is 0 Å². The summed E-state index contributed by atoms with van der Waals surface area (Å²) in [7, 11) is 0. The molecule has 6 nitrogen and oxygen atoms in total. The molecule has 0 unspecified atom stereocenters. The van der Waals surface area contributed by atoms with Crippen LogP contribution in [0, 0.1) is 19.7 Å². The number of ether oxygens (including phenoxy) is 1. The standard InChI is InChI=1S/C25H23FN4O2S/c1-17-12-13-19(14-18(17)2)27-24(31)16-33-25-29-28-23(30(25)20-8-4-3-5-9-20)15-32-22-11-7-6-10-21(22)26/h3-14H,15-16H2,1-2H3,(H,27,31). The van der Waals surface area contributed by atoms with E-state index in [1.807, 2.05) is 66.9 Å². The molecule has 1 N–H and O–H groups in total. The van der Waals surface area contributed by atoms with E-state index in [0.717, 1.165) is 16.9 Å². The zero-order valence-corrected chi connectivity index (χ0v) is 19.1. The van der Waals surface area contributed by atoms with Crippen molar-refractivity contribution in [3.8, 4) is 11.4 Å². The first-order valence-electron chi connectivity index (χ1n) is 10.4. The zero-order valence-electron chi connectivity index (χ0n) is 18.3. The van der Waals surface area contributed by atoms with E-state index >= 15 is 0 Å². The Morgan fingerprint density at radius 2 is 1.76 bits per heavy atom. The molecule has 3 aromatic carbocycles. The minimum Gasteiger partial charge on any atom is -0.483 e. The molecule has 0 bridgehead atoms. The summed E-state index contributed by atoms with van der Waals surface area (Å²) in [6, 6.07) is 21.6. The highest BCUT2D eigenvalue weighted by Crippen LogP contribution is 2.24. The third-order valence-electron chi connectivity index (χ3n) is 5.03. The van der Waals surface area contributed by atoms with Gasteiger partial charge < -0.3 is 10.1 Å². The molecule has 8 heteroatoms. The summed E-state index contributed by atoms with van der Waals surface area (Å²) >= 11 is 1.27. The second kappa shape index (κ2) is 10.3. The van der Waals surface area contributed by atoms with Crippen LogP contribution in [0.15, 0.2) is 78.0 Å². The van der Waals surface area contributed by atoms with Gasteiger partial charge in [-0.1, -0.05) is 48.2 Å². The normalized spacial score (nSPS) is 10.8. The molecule has 4 rings (SSSR count). The summed E-state index contributed by atoms with van der Waals surface area (Å²) in [5.41, 5.74) is 3.87. The van der Waals surface area contributed by atoms with Gasteiger partial charge in [0.1, 0.15) is 6.61 Å². The van der Waals surface area contributed by atoms with Crippen molar-refractivity contribution in [1.29, 1.82) is 0 Å². The number of hydrogen-bond donors (Lipinski definition) is 1. The fraction of sp³-hybridized carbons (Fsp3) is 0.160. The van der Waals surface area contributed by atoms with Crippen molar-refractivity contribution in [3.05, 3.63) is 95.6 Å². The Kier molecular flexibility index (Phi) is 7.04. The highest BCUT2D eigenvalue weighted by Gasteiger charge is 2.17. The number of nitrogens with one attached hydrogen (secondary N) is 1. The predicted molar refractivity (Wildman–Crippen MR) is 127 cm³/mol. The van der Waals surface area contributed by atoms with Crippen LogP contribution >= 0.6 is 11.8 Å². The minimum atomic E-state index is -0.444.